The Balaban J connectivity index is 1.93. The van der Waals surface area contributed by atoms with Gasteiger partial charge in [0.1, 0.15) is 5.82 Å². The number of H-pyrrole nitrogens is 1. The monoisotopic (exact) mass is 367 g/mol. The van der Waals surface area contributed by atoms with Gasteiger partial charge in [-0.25, -0.2) is 13.0 Å². The van der Waals surface area contributed by atoms with E-state index in [9.17, 15) is 13.0 Å². The molecule has 3 rings (SSSR count). The summed E-state index contributed by atoms with van der Waals surface area (Å²) in [4.78, 5) is 0. The summed E-state index contributed by atoms with van der Waals surface area (Å²) < 4.78 is 54.6. The highest BCUT2D eigenvalue weighted by Crippen LogP contribution is 2.33. The molecule has 0 spiro atoms. The lowest BCUT2D eigenvalue weighted by Gasteiger charge is -2.13. The van der Waals surface area contributed by atoms with Crippen LogP contribution >= 0.6 is 0 Å². The summed E-state index contributed by atoms with van der Waals surface area (Å²) in [6, 6.07) is 7.50. The van der Waals surface area contributed by atoms with Crippen LogP contribution in [0.3, 0.4) is 0 Å². The van der Waals surface area contributed by atoms with Crippen molar-refractivity contribution in [1.29, 1.82) is 0 Å². The van der Waals surface area contributed by atoms with Crippen LogP contribution < -0.4 is 9.46 Å². The highest BCUT2D eigenvalue weighted by Gasteiger charge is 2.13. The Morgan fingerprint density at radius 2 is 2.04 bits per heavy atom. The van der Waals surface area contributed by atoms with Crippen molar-refractivity contribution in [3.8, 4) is 11.5 Å². The van der Waals surface area contributed by atoms with E-state index < -0.39 is 22.9 Å². The van der Waals surface area contributed by atoms with Gasteiger partial charge in [0.25, 0.3) is 11.3 Å². The molecule has 0 saturated heterocycles. The number of hydrogen-bond acceptors (Lipinski definition) is 5. The van der Waals surface area contributed by atoms with Gasteiger partial charge in [0, 0.05) is 12.5 Å². The first kappa shape index (κ1) is 16.9. The van der Waals surface area contributed by atoms with Crippen molar-refractivity contribution in [2.45, 2.75) is 6.42 Å². The smallest absolute Gasteiger partial charge is 0.259 e. The number of nitrogens with one attached hydrogen (secondary N) is 2. The summed E-state index contributed by atoms with van der Waals surface area (Å²) in [6.07, 6.45) is 0.307. The average Bonchev–Trinajstić information content (AvgIpc) is 3.05. The molecule has 0 radical (unpaired) electrons. The van der Waals surface area contributed by atoms with Gasteiger partial charge < -0.3 is 4.74 Å². The van der Waals surface area contributed by atoms with Crippen molar-refractivity contribution in [3.05, 3.63) is 59.4 Å². The number of aromatic amines is 1. The number of tetrazole rings is 1. The maximum absolute atomic E-state index is 13.8. The van der Waals surface area contributed by atoms with Crippen LogP contribution in [0.2, 0.25) is 0 Å². The molecule has 0 saturated carbocycles. The van der Waals surface area contributed by atoms with E-state index in [4.69, 9.17) is 9.29 Å². The van der Waals surface area contributed by atoms with Gasteiger partial charge in [0.15, 0.2) is 23.1 Å². The highest BCUT2D eigenvalue weighted by molar-refractivity contribution is 7.80. The molecule has 0 aliphatic carbocycles. The number of anilines is 1. The molecule has 3 aromatic rings. The van der Waals surface area contributed by atoms with E-state index in [0.29, 0.717) is 23.9 Å². The molecule has 0 bridgehead atoms. The molecule has 1 unspecified atom stereocenters. The lowest BCUT2D eigenvalue weighted by molar-refractivity contribution is 0.439. The third-order valence-corrected chi connectivity index (χ3v) is 3.50. The zero-order valence-electron chi connectivity index (χ0n) is 12.4. The highest BCUT2D eigenvalue weighted by atomic mass is 32.2. The zero-order chi connectivity index (χ0) is 17.8. The molecular weight excluding hydrogens is 356 g/mol. The molecule has 1 aromatic heterocycles. The lowest BCUT2D eigenvalue weighted by atomic mass is 10.1. The molecule has 1 atom stereocenters. The van der Waals surface area contributed by atoms with Crippen molar-refractivity contribution in [2.24, 2.45) is 0 Å². The fourth-order valence-corrected chi connectivity index (χ4v) is 2.41. The van der Waals surface area contributed by atoms with Crippen molar-refractivity contribution < 1.29 is 22.3 Å². The van der Waals surface area contributed by atoms with E-state index in [1.54, 1.807) is 6.07 Å². The van der Waals surface area contributed by atoms with Gasteiger partial charge in [-0.2, -0.15) is 5.21 Å². The largest absolute Gasteiger partial charge is 0.452 e. The summed E-state index contributed by atoms with van der Waals surface area (Å²) in [5.74, 6) is -1.38. The molecule has 1 heterocycles. The molecular formula is C14H11F2N5O3S. The minimum atomic E-state index is -2.36. The number of hydrogen-bond donors (Lipinski definition) is 3. The van der Waals surface area contributed by atoms with Gasteiger partial charge in [0.05, 0.1) is 5.69 Å². The molecule has 0 amide bonds. The molecule has 0 fully saturated rings. The second kappa shape index (κ2) is 7.32. The van der Waals surface area contributed by atoms with Crippen LogP contribution in [0, 0.1) is 11.6 Å². The summed E-state index contributed by atoms with van der Waals surface area (Å²) in [5.41, 5.74) is 0.842. The molecule has 0 aliphatic heterocycles. The number of rotatable bonds is 6. The number of halogens is 2. The minimum absolute atomic E-state index is 0.0777. The third kappa shape index (κ3) is 4.33. The maximum Gasteiger partial charge on any atom is 0.259 e. The first-order valence-corrected chi connectivity index (χ1v) is 7.97. The van der Waals surface area contributed by atoms with Crippen molar-refractivity contribution in [3.63, 3.8) is 0 Å². The van der Waals surface area contributed by atoms with Gasteiger partial charge in [-0.15, -0.1) is 10.2 Å². The topological polar surface area (TPSA) is 113 Å². The van der Waals surface area contributed by atoms with Gasteiger partial charge in [0.2, 0.25) is 0 Å². The Bertz CT molecular complexity index is 907. The number of benzene rings is 2. The quantitative estimate of drug-likeness (QED) is 0.577. The second-order valence-corrected chi connectivity index (χ2v) is 5.57. The van der Waals surface area contributed by atoms with Crippen LogP contribution in [0.4, 0.5) is 14.5 Å². The maximum atomic E-state index is 13.8. The zero-order valence-corrected chi connectivity index (χ0v) is 13.3. The van der Waals surface area contributed by atoms with Gasteiger partial charge in [-0.05, 0) is 29.8 Å². The first-order valence-electron chi connectivity index (χ1n) is 6.87. The fourth-order valence-electron chi connectivity index (χ4n) is 2.06. The Labute approximate surface area is 142 Å². The van der Waals surface area contributed by atoms with Crippen LogP contribution in [0.25, 0.3) is 0 Å². The van der Waals surface area contributed by atoms with E-state index in [1.165, 1.54) is 12.1 Å². The molecule has 2 aromatic carbocycles. The average molecular weight is 367 g/mol. The summed E-state index contributed by atoms with van der Waals surface area (Å²) >= 11 is -2.36. The molecule has 11 heteroatoms. The van der Waals surface area contributed by atoms with Crippen molar-refractivity contribution >= 4 is 17.0 Å². The third-order valence-electron chi connectivity index (χ3n) is 3.11. The predicted octanol–water partition coefficient (Wildman–Crippen LogP) is 2.41. The summed E-state index contributed by atoms with van der Waals surface area (Å²) in [7, 11) is 0. The number of ether oxygens (including phenoxy) is 1. The standard InChI is InChI=1S/C14H11F2N5O3S/c15-9-2-4-12(10(16)7-9)24-13-5-8(6-14-17-20-21-18-14)1-3-11(13)19-25(22)23/h1-5,7,19H,6H2,(H,22,23)(H,17,18,20,21). The molecule has 130 valence electrons. The lowest BCUT2D eigenvalue weighted by Crippen LogP contribution is -2.04. The van der Waals surface area contributed by atoms with Crippen molar-refractivity contribution in [2.75, 3.05) is 4.72 Å². The second-order valence-electron chi connectivity index (χ2n) is 4.86. The van der Waals surface area contributed by atoms with Crippen LogP contribution in [-0.4, -0.2) is 29.4 Å². The Morgan fingerprint density at radius 3 is 2.72 bits per heavy atom. The minimum Gasteiger partial charge on any atom is -0.452 e. The van der Waals surface area contributed by atoms with Gasteiger partial charge in [-0.3, -0.25) is 9.27 Å². The van der Waals surface area contributed by atoms with Gasteiger partial charge >= 0.3 is 0 Å². The van der Waals surface area contributed by atoms with Crippen LogP contribution in [0.5, 0.6) is 11.5 Å². The Kier molecular flexibility index (Phi) is 4.95. The SMILES string of the molecule is O=S(O)Nc1ccc(Cc2nn[nH]n2)cc1Oc1ccc(F)cc1F. The normalized spacial score (nSPS) is 12.0. The number of nitrogens with zero attached hydrogens (tertiary/aromatic N) is 3. The van der Waals surface area contributed by atoms with E-state index in [2.05, 4.69) is 25.3 Å². The summed E-state index contributed by atoms with van der Waals surface area (Å²) in [6.45, 7) is 0. The molecule has 0 aliphatic rings. The molecule has 25 heavy (non-hydrogen) atoms. The van der Waals surface area contributed by atoms with Crippen LogP contribution in [0.15, 0.2) is 36.4 Å². The van der Waals surface area contributed by atoms with E-state index >= 15 is 0 Å². The van der Waals surface area contributed by atoms with Crippen molar-refractivity contribution in [1.82, 2.24) is 20.6 Å². The van der Waals surface area contributed by atoms with E-state index in [1.807, 2.05) is 0 Å². The first-order chi connectivity index (χ1) is 12.0. The fraction of sp³-hybridized carbons (Fsp3) is 0.0714. The van der Waals surface area contributed by atoms with Crippen LogP contribution in [0.1, 0.15) is 11.4 Å². The van der Waals surface area contributed by atoms with E-state index in [0.717, 1.165) is 12.1 Å². The Hall–Kier alpha value is -2.92. The molecule has 8 nitrogen and oxygen atoms in total. The number of aromatic nitrogens is 4. The predicted molar refractivity (Wildman–Crippen MR) is 84.3 cm³/mol. The van der Waals surface area contributed by atoms with E-state index in [-0.39, 0.29) is 17.2 Å². The van der Waals surface area contributed by atoms with Gasteiger partial charge in [-0.1, -0.05) is 11.3 Å². The molecule has 3 N–H and O–H groups in total. The Morgan fingerprint density at radius 1 is 1.20 bits per heavy atom. The van der Waals surface area contributed by atoms with Crippen LogP contribution in [-0.2, 0) is 17.7 Å². The summed E-state index contributed by atoms with van der Waals surface area (Å²) in [5, 5.41) is 13.4.